The molecule has 0 saturated carbocycles. The average molecular weight is 370 g/mol. The number of nitrogens with one attached hydrogen (secondary N) is 1. The number of benzene rings is 2. The van der Waals surface area contributed by atoms with Crippen LogP contribution < -0.4 is 14.8 Å². The Kier molecular flexibility index (Phi) is 5.59. The summed E-state index contributed by atoms with van der Waals surface area (Å²) in [6.45, 7) is 5.20. The van der Waals surface area contributed by atoms with Crippen molar-refractivity contribution in [2.24, 2.45) is 5.92 Å². The Morgan fingerprint density at radius 3 is 2.56 bits per heavy atom. The Bertz CT molecular complexity index is 850. The second kappa shape index (κ2) is 8.07. The summed E-state index contributed by atoms with van der Waals surface area (Å²) < 4.78 is 11.4. The zero-order valence-electron chi connectivity index (χ0n) is 15.3. The van der Waals surface area contributed by atoms with Crippen molar-refractivity contribution >= 4 is 11.6 Å². The predicted octanol–water partition coefficient (Wildman–Crippen LogP) is 3.88. The largest absolute Gasteiger partial charge is 0.490 e. The van der Waals surface area contributed by atoms with Gasteiger partial charge in [0.25, 0.3) is 11.6 Å². The predicted molar refractivity (Wildman–Crippen MR) is 100 cm³/mol. The van der Waals surface area contributed by atoms with E-state index in [0.717, 1.165) is 12.0 Å². The number of hydrogen-bond acceptors (Lipinski definition) is 5. The van der Waals surface area contributed by atoms with Crippen LogP contribution in [0.15, 0.2) is 42.5 Å². The van der Waals surface area contributed by atoms with Crippen LogP contribution in [0.1, 0.15) is 42.2 Å². The molecule has 1 amide bonds. The smallest absolute Gasteiger partial charge is 0.270 e. The molecule has 1 aliphatic heterocycles. The van der Waals surface area contributed by atoms with Gasteiger partial charge in [0.15, 0.2) is 11.5 Å². The van der Waals surface area contributed by atoms with Crippen molar-refractivity contribution in [3.8, 4) is 11.5 Å². The van der Waals surface area contributed by atoms with Crippen molar-refractivity contribution < 1.29 is 19.2 Å². The Hall–Kier alpha value is -3.09. The summed E-state index contributed by atoms with van der Waals surface area (Å²) in [5, 5.41) is 13.9. The molecule has 1 heterocycles. The minimum atomic E-state index is -0.513. The summed E-state index contributed by atoms with van der Waals surface area (Å²) in [4.78, 5) is 23.1. The molecule has 27 heavy (non-hydrogen) atoms. The van der Waals surface area contributed by atoms with Gasteiger partial charge in [-0.1, -0.05) is 26.0 Å². The molecule has 1 N–H and O–H groups in total. The fourth-order valence-electron chi connectivity index (χ4n) is 2.99. The third kappa shape index (κ3) is 4.36. The molecule has 0 aliphatic carbocycles. The fraction of sp³-hybridized carbons (Fsp3) is 0.350. The van der Waals surface area contributed by atoms with Gasteiger partial charge in [0.2, 0.25) is 0 Å². The summed E-state index contributed by atoms with van der Waals surface area (Å²) in [6, 6.07) is 11.1. The maximum Gasteiger partial charge on any atom is 0.270 e. The van der Waals surface area contributed by atoms with Gasteiger partial charge in [-0.15, -0.1) is 0 Å². The van der Waals surface area contributed by atoms with E-state index in [2.05, 4.69) is 5.32 Å². The number of rotatable bonds is 5. The molecule has 0 saturated heterocycles. The van der Waals surface area contributed by atoms with Crippen LogP contribution in [0.25, 0.3) is 0 Å². The number of carbonyl (C=O) groups excluding carboxylic acids is 1. The summed E-state index contributed by atoms with van der Waals surface area (Å²) in [5.41, 5.74) is 1.04. The lowest BCUT2D eigenvalue weighted by Crippen LogP contribution is -2.31. The standard InChI is InChI=1S/C20H22N2O5/c1-13(2)19(14-7-8-17-18(12-14)27-10-4-9-26-17)21-20(23)15-5-3-6-16(11-15)22(24)25/h3,5-8,11-13,19H,4,9-10H2,1-2H3,(H,21,23)/t19-/m0/s1. The first kappa shape index (κ1) is 18.7. The second-order valence-corrected chi connectivity index (χ2v) is 6.76. The maximum atomic E-state index is 12.7. The van der Waals surface area contributed by atoms with Gasteiger partial charge in [0.05, 0.1) is 24.2 Å². The number of ether oxygens (including phenoxy) is 2. The molecule has 0 aromatic heterocycles. The minimum Gasteiger partial charge on any atom is -0.490 e. The first-order valence-electron chi connectivity index (χ1n) is 8.90. The van der Waals surface area contributed by atoms with Gasteiger partial charge in [0, 0.05) is 24.1 Å². The molecule has 142 valence electrons. The molecule has 7 nitrogen and oxygen atoms in total. The zero-order chi connectivity index (χ0) is 19.4. The second-order valence-electron chi connectivity index (χ2n) is 6.76. The molecule has 0 fully saturated rings. The van der Waals surface area contributed by atoms with Gasteiger partial charge in [-0.3, -0.25) is 14.9 Å². The van der Waals surface area contributed by atoms with Gasteiger partial charge in [-0.05, 0) is 29.7 Å². The van der Waals surface area contributed by atoms with E-state index in [0.29, 0.717) is 24.7 Å². The van der Waals surface area contributed by atoms with E-state index in [1.165, 1.54) is 18.2 Å². The highest BCUT2D eigenvalue weighted by Gasteiger charge is 2.22. The highest BCUT2D eigenvalue weighted by Crippen LogP contribution is 2.34. The van der Waals surface area contributed by atoms with Crippen LogP contribution in [0.4, 0.5) is 5.69 Å². The molecule has 1 atom stereocenters. The third-order valence-electron chi connectivity index (χ3n) is 4.40. The molecule has 0 radical (unpaired) electrons. The number of hydrogen-bond donors (Lipinski definition) is 1. The Balaban J connectivity index is 1.84. The van der Waals surface area contributed by atoms with E-state index in [9.17, 15) is 14.9 Å². The van der Waals surface area contributed by atoms with Crippen LogP contribution in [0.2, 0.25) is 0 Å². The summed E-state index contributed by atoms with van der Waals surface area (Å²) in [6.07, 6.45) is 0.821. The van der Waals surface area contributed by atoms with Crippen LogP contribution in [0.5, 0.6) is 11.5 Å². The van der Waals surface area contributed by atoms with E-state index in [-0.39, 0.29) is 29.1 Å². The molecule has 2 aromatic carbocycles. The molecule has 0 bridgehead atoms. The summed E-state index contributed by atoms with van der Waals surface area (Å²) in [5.74, 6) is 1.12. The number of nitro benzene ring substituents is 1. The van der Waals surface area contributed by atoms with Crippen molar-refractivity contribution in [2.45, 2.75) is 26.3 Å². The van der Waals surface area contributed by atoms with Crippen LogP contribution in [-0.4, -0.2) is 24.0 Å². The van der Waals surface area contributed by atoms with E-state index in [1.807, 2.05) is 32.0 Å². The fourth-order valence-corrected chi connectivity index (χ4v) is 2.99. The van der Waals surface area contributed by atoms with E-state index in [4.69, 9.17) is 9.47 Å². The lowest BCUT2D eigenvalue weighted by Gasteiger charge is -2.24. The minimum absolute atomic E-state index is 0.109. The highest BCUT2D eigenvalue weighted by molar-refractivity contribution is 5.95. The van der Waals surface area contributed by atoms with Crippen molar-refractivity contribution in [2.75, 3.05) is 13.2 Å². The SMILES string of the molecule is CC(C)[C@H](NC(=O)c1cccc([N+](=O)[O-])c1)c1ccc2c(c1)OCCCO2. The lowest BCUT2D eigenvalue weighted by molar-refractivity contribution is -0.384. The number of fused-ring (bicyclic) bond motifs is 1. The van der Waals surface area contributed by atoms with Gasteiger partial charge >= 0.3 is 0 Å². The van der Waals surface area contributed by atoms with Crippen molar-refractivity contribution in [3.63, 3.8) is 0 Å². The number of amides is 1. The number of nitrogens with zero attached hydrogens (tertiary/aromatic N) is 1. The van der Waals surface area contributed by atoms with Crippen molar-refractivity contribution in [1.29, 1.82) is 0 Å². The topological polar surface area (TPSA) is 90.7 Å². The maximum absolute atomic E-state index is 12.7. The summed E-state index contributed by atoms with van der Waals surface area (Å²) in [7, 11) is 0. The van der Waals surface area contributed by atoms with Gasteiger partial charge in [-0.25, -0.2) is 0 Å². The van der Waals surface area contributed by atoms with E-state index in [1.54, 1.807) is 6.07 Å². The molecule has 0 unspecified atom stereocenters. The molecule has 1 aliphatic rings. The average Bonchev–Trinajstić information content (AvgIpc) is 2.90. The van der Waals surface area contributed by atoms with Crippen LogP contribution in [0, 0.1) is 16.0 Å². The van der Waals surface area contributed by atoms with E-state index < -0.39 is 4.92 Å². The van der Waals surface area contributed by atoms with Gasteiger partial charge in [-0.2, -0.15) is 0 Å². The third-order valence-corrected chi connectivity index (χ3v) is 4.40. The molecular weight excluding hydrogens is 348 g/mol. The van der Waals surface area contributed by atoms with Gasteiger partial charge in [0.1, 0.15) is 0 Å². The molecule has 2 aromatic rings. The van der Waals surface area contributed by atoms with Crippen molar-refractivity contribution in [3.05, 3.63) is 63.7 Å². The highest BCUT2D eigenvalue weighted by atomic mass is 16.6. The van der Waals surface area contributed by atoms with Crippen molar-refractivity contribution in [1.82, 2.24) is 5.32 Å². The monoisotopic (exact) mass is 370 g/mol. The lowest BCUT2D eigenvalue weighted by atomic mass is 9.95. The number of carbonyl (C=O) groups is 1. The van der Waals surface area contributed by atoms with Crippen LogP contribution >= 0.6 is 0 Å². The summed E-state index contributed by atoms with van der Waals surface area (Å²) >= 11 is 0. The quantitative estimate of drug-likeness (QED) is 0.637. The first-order chi connectivity index (χ1) is 13.0. The number of non-ortho nitro benzene ring substituents is 1. The van der Waals surface area contributed by atoms with E-state index >= 15 is 0 Å². The normalized spacial score (nSPS) is 14.3. The Labute approximate surface area is 157 Å². The van der Waals surface area contributed by atoms with Crippen LogP contribution in [-0.2, 0) is 0 Å². The van der Waals surface area contributed by atoms with Crippen LogP contribution in [0.3, 0.4) is 0 Å². The number of nitro groups is 1. The molecule has 3 rings (SSSR count). The molecule has 7 heteroatoms. The molecular formula is C20H22N2O5. The van der Waals surface area contributed by atoms with Gasteiger partial charge < -0.3 is 14.8 Å². The molecule has 0 spiro atoms. The zero-order valence-corrected chi connectivity index (χ0v) is 15.3. The first-order valence-corrected chi connectivity index (χ1v) is 8.90. The Morgan fingerprint density at radius 2 is 1.85 bits per heavy atom. The Morgan fingerprint density at radius 1 is 1.11 bits per heavy atom.